The average Bonchev–Trinajstić information content (AvgIpc) is 2.28. The minimum absolute atomic E-state index is 0.117. The van der Waals surface area contributed by atoms with Crippen molar-refractivity contribution in [2.75, 3.05) is 0 Å². The van der Waals surface area contributed by atoms with Crippen LogP contribution >= 0.6 is 0 Å². The van der Waals surface area contributed by atoms with Gasteiger partial charge in [0.05, 0.1) is 6.42 Å². The summed E-state index contributed by atoms with van der Waals surface area (Å²) >= 11 is 0. The summed E-state index contributed by atoms with van der Waals surface area (Å²) in [5.74, 6) is 0.241. The van der Waals surface area contributed by atoms with E-state index in [4.69, 9.17) is 0 Å². The molecule has 0 aromatic carbocycles. The summed E-state index contributed by atoms with van der Waals surface area (Å²) in [4.78, 5) is 23.5. The van der Waals surface area contributed by atoms with Gasteiger partial charge in [-0.15, -0.1) is 0 Å². The van der Waals surface area contributed by atoms with Crippen LogP contribution in [0, 0.1) is 5.41 Å². The Morgan fingerprint density at radius 3 is 2.00 bits per heavy atom. The minimum Gasteiger partial charge on any atom is -0.299 e. The Kier molecular flexibility index (Phi) is 7.27. The number of hydrogen-bond donors (Lipinski definition) is 0. The van der Waals surface area contributed by atoms with E-state index in [0.29, 0.717) is 6.42 Å². The lowest BCUT2D eigenvalue weighted by atomic mass is 9.78. The molecule has 0 spiro atoms. The van der Waals surface area contributed by atoms with E-state index in [0.717, 1.165) is 32.1 Å². The molecule has 0 saturated carbocycles. The highest BCUT2D eigenvalue weighted by atomic mass is 16.1. The number of unbranched alkanes of at least 4 members (excludes halogenated alkanes) is 2. The second kappa shape index (κ2) is 7.59. The smallest absolute Gasteiger partial charge is 0.146 e. The first-order valence-electron chi connectivity index (χ1n) is 6.55. The Hall–Kier alpha value is -0.660. The summed E-state index contributed by atoms with van der Waals surface area (Å²) in [7, 11) is 0. The fraction of sp³-hybridized carbons (Fsp3) is 0.857. The molecule has 2 heteroatoms. The molecule has 0 saturated heterocycles. The van der Waals surface area contributed by atoms with Crippen LogP contribution in [0.25, 0.3) is 0 Å². The average molecular weight is 226 g/mol. The highest BCUT2D eigenvalue weighted by molar-refractivity contribution is 6.01. The molecular formula is C14H26O2. The Morgan fingerprint density at radius 2 is 1.56 bits per heavy atom. The van der Waals surface area contributed by atoms with Gasteiger partial charge in [0.15, 0.2) is 0 Å². The summed E-state index contributed by atoms with van der Waals surface area (Å²) in [5.41, 5.74) is -0.291. The molecule has 0 unspecified atom stereocenters. The van der Waals surface area contributed by atoms with E-state index >= 15 is 0 Å². The molecule has 0 radical (unpaired) electrons. The molecule has 0 N–H and O–H groups in total. The summed E-state index contributed by atoms with van der Waals surface area (Å²) < 4.78 is 0. The van der Waals surface area contributed by atoms with Gasteiger partial charge < -0.3 is 0 Å². The van der Waals surface area contributed by atoms with Crippen molar-refractivity contribution in [1.29, 1.82) is 0 Å². The number of rotatable bonds is 9. The zero-order valence-corrected chi connectivity index (χ0v) is 11.3. The molecule has 0 fully saturated rings. The van der Waals surface area contributed by atoms with Crippen LogP contribution in [0.2, 0.25) is 0 Å². The monoisotopic (exact) mass is 226 g/mol. The van der Waals surface area contributed by atoms with Gasteiger partial charge in [0, 0.05) is 11.8 Å². The largest absolute Gasteiger partial charge is 0.299 e. The Balaban J connectivity index is 4.08. The number of hydrogen-bond acceptors (Lipinski definition) is 2. The van der Waals surface area contributed by atoms with E-state index in [-0.39, 0.29) is 23.4 Å². The first kappa shape index (κ1) is 15.3. The molecule has 2 nitrogen and oxygen atoms in total. The fourth-order valence-electron chi connectivity index (χ4n) is 1.70. The Bertz CT molecular complexity index is 227. The van der Waals surface area contributed by atoms with Gasteiger partial charge in [-0.05, 0) is 19.3 Å². The summed E-state index contributed by atoms with van der Waals surface area (Å²) in [5, 5.41) is 0. The molecule has 0 atom stereocenters. The van der Waals surface area contributed by atoms with E-state index in [2.05, 4.69) is 6.92 Å². The van der Waals surface area contributed by atoms with Gasteiger partial charge >= 0.3 is 0 Å². The highest BCUT2D eigenvalue weighted by Crippen LogP contribution is 2.28. The zero-order valence-electron chi connectivity index (χ0n) is 11.3. The van der Waals surface area contributed by atoms with E-state index in [1.165, 1.54) is 0 Å². The maximum absolute atomic E-state index is 11.9. The van der Waals surface area contributed by atoms with E-state index in [1.807, 2.05) is 20.8 Å². The minimum atomic E-state index is -0.291. The Morgan fingerprint density at radius 1 is 1.00 bits per heavy atom. The van der Waals surface area contributed by atoms with Gasteiger partial charge in [0.25, 0.3) is 0 Å². The third-order valence-electron chi connectivity index (χ3n) is 3.65. The van der Waals surface area contributed by atoms with E-state index in [9.17, 15) is 9.59 Å². The van der Waals surface area contributed by atoms with Crippen molar-refractivity contribution in [2.24, 2.45) is 5.41 Å². The highest BCUT2D eigenvalue weighted by Gasteiger charge is 2.29. The molecule has 0 rings (SSSR count). The molecule has 0 aromatic rings. The first-order valence-corrected chi connectivity index (χ1v) is 6.55. The van der Waals surface area contributed by atoms with Crippen LogP contribution in [-0.4, -0.2) is 11.6 Å². The first-order chi connectivity index (χ1) is 7.50. The van der Waals surface area contributed by atoms with Crippen molar-refractivity contribution in [1.82, 2.24) is 0 Å². The van der Waals surface area contributed by atoms with Crippen LogP contribution in [0.1, 0.15) is 72.6 Å². The second-order valence-electron chi connectivity index (χ2n) is 4.86. The van der Waals surface area contributed by atoms with E-state index in [1.54, 1.807) is 0 Å². The van der Waals surface area contributed by atoms with Gasteiger partial charge in [0.1, 0.15) is 11.6 Å². The predicted molar refractivity (Wildman–Crippen MR) is 67.5 cm³/mol. The van der Waals surface area contributed by atoms with Crippen LogP contribution < -0.4 is 0 Å². The van der Waals surface area contributed by atoms with E-state index < -0.39 is 0 Å². The maximum atomic E-state index is 11.9. The van der Waals surface area contributed by atoms with Crippen molar-refractivity contribution >= 4 is 11.6 Å². The Labute approximate surface area is 99.8 Å². The SMILES string of the molecule is CCCCCC(=O)CC(=O)C(C)(CC)CC. The van der Waals surface area contributed by atoms with Crippen molar-refractivity contribution in [2.45, 2.75) is 72.6 Å². The molecule has 16 heavy (non-hydrogen) atoms. The van der Waals surface area contributed by atoms with Crippen LogP contribution in [0.3, 0.4) is 0 Å². The topological polar surface area (TPSA) is 34.1 Å². The predicted octanol–water partition coefficient (Wildman–Crippen LogP) is 3.92. The lowest BCUT2D eigenvalue weighted by Gasteiger charge is -2.24. The third-order valence-corrected chi connectivity index (χ3v) is 3.65. The maximum Gasteiger partial charge on any atom is 0.146 e. The molecule has 0 aliphatic rings. The van der Waals surface area contributed by atoms with Gasteiger partial charge in [-0.25, -0.2) is 0 Å². The van der Waals surface area contributed by atoms with Gasteiger partial charge in [0.2, 0.25) is 0 Å². The molecule has 0 heterocycles. The summed E-state index contributed by atoms with van der Waals surface area (Å²) in [6.45, 7) is 8.11. The lowest BCUT2D eigenvalue weighted by Crippen LogP contribution is -2.28. The van der Waals surface area contributed by atoms with Crippen molar-refractivity contribution < 1.29 is 9.59 Å². The van der Waals surface area contributed by atoms with Crippen LogP contribution in [0.5, 0.6) is 0 Å². The molecule has 0 aromatic heterocycles. The van der Waals surface area contributed by atoms with Gasteiger partial charge in [-0.2, -0.15) is 0 Å². The molecule has 0 aliphatic carbocycles. The summed E-state index contributed by atoms with van der Waals surface area (Å²) in [6.07, 6.45) is 5.49. The molecule has 94 valence electrons. The van der Waals surface area contributed by atoms with Gasteiger partial charge in [-0.1, -0.05) is 40.5 Å². The quantitative estimate of drug-likeness (QED) is 0.441. The van der Waals surface area contributed by atoms with Crippen LogP contribution in [0.15, 0.2) is 0 Å². The standard InChI is InChI=1S/C14H26O2/c1-5-8-9-10-12(15)11-13(16)14(4,6-2)7-3/h5-11H2,1-4H3. The molecule has 0 bridgehead atoms. The van der Waals surface area contributed by atoms with Crippen LogP contribution in [0.4, 0.5) is 0 Å². The van der Waals surface area contributed by atoms with Gasteiger partial charge in [-0.3, -0.25) is 9.59 Å². The molecular weight excluding hydrogens is 200 g/mol. The number of ketones is 2. The van der Waals surface area contributed by atoms with Crippen molar-refractivity contribution in [3.63, 3.8) is 0 Å². The summed E-state index contributed by atoms with van der Waals surface area (Å²) in [6, 6.07) is 0. The normalized spacial score (nSPS) is 11.5. The number of carbonyl (C=O) groups excluding carboxylic acids is 2. The number of Topliss-reactive ketones (excluding diaryl/α,β-unsaturated/α-hetero) is 2. The second-order valence-corrected chi connectivity index (χ2v) is 4.86. The zero-order chi connectivity index (χ0) is 12.6. The number of carbonyl (C=O) groups is 2. The van der Waals surface area contributed by atoms with Crippen LogP contribution in [-0.2, 0) is 9.59 Å². The lowest BCUT2D eigenvalue weighted by molar-refractivity contribution is -0.133. The van der Waals surface area contributed by atoms with Crippen molar-refractivity contribution in [3.8, 4) is 0 Å². The fourth-order valence-corrected chi connectivity index (χ4v) is 1.70. The van der Waals surface area contributed by atoms with Crippen molar-refractivity contribution in [3.05, 3.63) is 0 Å². The molecule has 0 amide bonds. The third kappa shape index (κ3) is 4.91. The molecule has 0 aliphatic heterocycles.